The molecule has 0 N–H and O–H groups in total. The summed E-state index contributed by atoms with van der Waals surface area (Å²) < 4.78 is 0. The van der Waals surface area contributed by atoms with Gasteiger partial charge in [-0.3, -0.25) is 0 Å². The molecule has 16 heavy (non-hydrogen) atoms. The highest BCUT2D eigenvalue weighted by Gasteiger charge is 2.05. The number of fused-ring (bicyclic) bond motifs is 1. The van der Waals surface area contributed by atoms with Crippen LogP contribution in [0.5, 0.6) is 0 Å². The molecule has 3 aromatic rings. The maximum Gasteiger partial charge on any atom is 0.0421 e. The predicted octanol–water partition coefficient (Wildman–Crippen LogP) is 4.88. The van der Waals surface area contributed by atoms with Crippen molar-refractivity contribution in [2.24, 2.45) is 0 Å². The van der Waals surface area contributed by atoms with E-state index in [0.717, 1.165) is 0 Å². The lowest BCUT2D eigenvalue weighted by Gasteiger charge is -2.00. The molecule has 0 saturated heterocycles. The molecule has 1 aromatic heterocycles. The predicted molar refractivity (Wildman–Crippen MR) is 72.0 cm³/mol. The molecule has 0 unspecified atom stereocenters. The van der Waals surface area contributed by atoms with E-state index in [0.29, 0.717) is 0 Å². The highest BCUT2D eigenvalue weighted by atomic mass is 32.1. The SMILES string of the molecule is Cc1ccc(-c2scc3ccccc23)cc1. The van der Waals surface area contributed by atoms with Crippen molar-refractivity contribution < 1.29 is 0 Å². The number of hydrogen-bond acceptors (Lipinski definition) is 1. The Morgan fingerprint density at radius 2 is 1.62 bits per heavy atom. The summed E-state index contributed by atoms with van der Waals surface area (Å²) >= 11 is 1.82. The minimum Gasteiger partial charge on any atom is -0.143 e. The van der Waals surface area contributed by atoms with E-state index in [1.54, 1.807) is 0 Å². The van der Waals surface area contributed by atoms with Crippen molar-refractivity contribution in [2.75, 3.05) is 0 Å². The number of rotatable bonds is 1. The van der Waals surface area contributed by atoms with Crippen LogP contribution in [0.4, 0.5) is 0 Å². The van der Waals surface area contributed by atoms with Crippen molar-refractivity contribution in [2.45, 2.75) is 6.92 Å². The third kappa shape index (κ3) is 1.54. The Morgan fingerprint density at radius 3 is 2.44 bits per heavy atom. The summed E-state index contributed by atoms with van der Waals surface area (Å²) in [6.07, 6.45) is 0. The zero-order valence-corrected chi connectivity index (χ0v) is 9.92. The number of hydrogen-bond donors (Lipinski definition) is 0. The fourth-order valence-electron chi connectivity index (χ4n) is 1.92. The summed E-state index contributed by atoms with van der Waals surface area (Å²) in [6, 6.07) is 17.3. The van der Waals surface area contributed by atoms with Gasteiger partial charge in [-0.25, -0.2) is 0 Å². The molecule has 0 bridgehead atoms. The van der Waals surface area contributed by atoms with Crippen molar-refractivity contribution in [3.05, 3.63) is 59.5 Å². The molecule has 3 rings (SSSR count). The van der Waals surface area contributed by atoms with Gasteiger partial charge in [0.2, 0.25) is 0 Å². The van der Waals surface area contributed by atoms with Crippen molar-refractivity contribution >= 4 is 22.1 Å². The van der Waals surface area contributed by atoms with Crippen LogP contribution in [0.15, 0.2) is 53.9 Å². The van der Waals surface area contributed by atoms with Crippen molar-refractivity contribution in [3.63, 3.8) is 0 Å². The molecule has 0 aliphatic heterocycles. The average molecular weight is 224 g/mol. The van der Waals surface area contributed by atoms with E-state index in [1.807, 2.05) is 11.3 Å². The van der Waals surface area contributed by atoms with Gasteiger partial charge in [-0.05, 0) is 23.3 Å². The lowest BCUT2D eigenvalue weighted by atomic mass is 10.1. The summed E-state index contributed by atoms with van der Waals surface area (Å²) in [5, 5.41) is 4.92. The molecule has 0 nitrogen and oxygen atoms in total. The minimum atomic E-state index is 1.31. The summed E-state index contributed by atoms with van der Waals surface area (Å²) in [5.41, 5.74) is 2.63. The molecule has 2 aromatic carbocycles. The van der Waals surface area contributed by atoms with E-state index < -0.39 is 0 Å². The third-order valence-corrected chi connectivity index (χ3v) is 3.89. The highest BCUT2D eigenvalue weighted by molar-refractivity contribution is 7.15. The summed E-state index contributed by atoms with van der Waals surface area (Å²) in [5.74, 6) is 0. The molecule has 1 heteroatoms. The molecule has 78 valence electrons. The van der Waals surface area contributed by atoms with E-state index in [9.17, 15) is 0 Å². The van der Waals surface area contributed by atoms with E-state index in [2.05, 4.69) is 60.8 Å². The van der Waals surface area contributed by atoms with E-state index >= 15 is 0 Å². The van der Waals surface area contributed by atoms with Gasteiger partial charge in [-0.2, -0.15) is 0 Å². The molecule has 0 aliphatic rings. The highest BCUT2D eigenvalue weighted by Crippen LogP contribution is 2.34. The second-order valence-electron chi connectivity index (χ2n) is 4.02. The number of benzene rings is 2. The van der Waals surface area contributed by atoms with Crippen molar-refractivity contribution in [3.8, 4) is 10.4 Å². The topological polar surface area (TPSA) is 0 Å². The number of thiophene rings is 1. The molecule has 0 spiro atoms. The first-order chi connectivity index (χ1) is 7.84. The van der Waals surface area contributed by atoms with E-state index in [-0.39, 0.29) is 0 Å². The Labute approximate surface area is 99.2 Å². The minimum absolute atomic E-state index is 1.31. The van der Waals surface area contributed by atoms with Crippen LogP contribution in [-0.2, 0) is 0 Å². The Morgan fingerprint density at radius 1 is 0.875 bits per heavy atom. The normalized spacial score (nSPS) is 10.8. The van der Waals surface area contributed by atoms with E-state index in [1.165, 1.54) is 26.8 Å². The Bertz CT molecular complexity index is 617. The van der Waals surface area contributed by atoms with Crippen LogP contribution in [0.25, 0.3) is 21.2 Å². The fourth-order valence-corrected chi connectivity index (χ4v) is 2.96. The standard InChI is InChI=1S/C15H12S/c1-11-6-8-12(9-7-11)15-14-5-3-2-4-13(14)10-16-15/h2-10H,1H3. The monoisotopic (exact) mass is 224 g/mol. The maximum atomic E-state index is 2.23. The van der Waals surface area contributed by atoms with Gasteiger partial charge in [-0.15, -0.1) is 11.3 Å². The van der Waals surface area contributed by atoms with E-state index in [4.69, 9.17) is 0 Å². The zero-order valence-electron chi connectivity index (χ0n) is 9.10. The van der Waals surface area contributed by atoms with Gasteiger partial charge in [0.25, 0.3) is 0 Å². The van der Waals surface area contributed by atoms with Gasteiger partial charge in [0.05, 0.1) is 0 Å². The van der Waals surface area contributed by atoms with Gasteiger partial charge in [0, 0.05) is 10.3 Å². The maximum absolute atomic E-state index is 2.23. The number of aryl methyl sites for hydroxylation is 1. The van der Waals surface area contributed by atoms with Gasteiger partial charge in [0.1, 0.15) is 0 Å². The third-order valence-electron chi connectivity index (χ3n) is 2.82. The zero-order chi connectivity index (χ0) is 11.0. The average Bonchev–Trinajstić information content (AvgIpc) is 2.74. The molecular formula is C15H12S. The second kappa shape index (κ2) is 3.76. The van der Waals surface area contributed by atoms with Gasteiger partial charge >= 0.3 is 0 Å². The molecule has 0 amide bonds. The van der Waals surface area contributed by atoms with Crippen LogP contribution in [0, 0.1) is 6.92 Å². The fraction of sp³-hybridized carbons (Fsp3) is 0.0667. The van der Waals surface area contributed by atoms with Crippen LogP contribution < -0.4 is 0 Å². The van der Waals surface area contributed by atoms with Gasteiger partial charge in [0.15, 0.2) is 0 Å². The summed E-state index contributed by atoms with van der Waals surface area (Å²) in [6.45, 7) is 2.12. The molecule has 0 aliphatic carbocycles. The Hall–Kier alpha value is -1.60. The lowest BCUT2D eigenvalue weighted by molar-refractivity contribution is 1.48. The molecule has 0 atom stereocenters. The smallest absolute Gasteiger partial charge is 0.0421 e. The molecule has 1 heterocycles. The quantitative estimate of drug-likeness (QED) is 0.553. The molecule has 0 fully saturated rings. The summed E-state index contributed by atoms with van der Waals surface area (Å²) in [4.78, 5) is 1.37. The summed E-state index contributed by atoms with van der Waals surface area (Å²) in [7, 11) is 0. The van der Waals surface area contributed by atoms with Crippen LogP contribution >= 0.6 is 11.3 Å². The first kappa shape index (κ1) is 9.61. The van der Waals surface area contributed by atoms with Crippen LogP contribution in [0.1, 0.15) is 5.56 Å². The van der Waals surface area contributed by atoms with Crippen LogP contribution in [-0.4, -0.2) is 0 Å². The lowest BCUT2D eigenvalue weighted by Crippen LogP contribution is -1.75. The van der Waals surface area contributed by atoms with Crippen LogP contribution in [0.2, 0.25) is 0 Å². The Balaban J connectivity index is 2.22. The first-order valence-electron chi connectivity index (χ1n) is 5.38. The molecule has 0 saturated carbocycles. The van der Waals surface area contributed by atoms with Gasteiger partial charge < -0.3 is 0 Å². The first-order valence-corrected chi connectivity index (χ1v) is 6.26. The second-order valence-corrected chi connectivity index (χ2v) is 4.90. The molecular weight excluding hydrogens is 212 g/mol. The Kier molecular flexibility index (Phi) is 2.26. The van der Waals surface area contributed by atoms with Crippen LogP contribution in [0.3, 0.4) is 0 Å². The van der Waals surface area contributed by atoms with Crippen molar-refractivity contribution in [1.29, 1.82) is 0 Å². The van der Waals surface area contributed by atoms with Crippen molar-refractivity contribution in [1.82, 2.24) is 0 Å². The van der Waals surface area contributed by atoms with Gasteiger partial charge in [-0.1, -0.05) is 54.1 Å². The largest absolute Gasteiger partial charge is 0.143 e. The molecule has 0 radical (unpaired) electrons.